The maximum Gasteiger partial charge on any atom is 0.377 e. The Labute approximate surface area is 124 Å². The predicted octanol–water partition coefficient (Wildman–Crippen LogP) is 3.69. The van der Waals surface area contributed by atoms with Gasteiger partial charge in [-0.25, -0.2) is 4.79 Å². The van der Waals surface area contributed by atoms with E-state index in [0.29, 0.717) is 5.56 Å². The summed E-state index contributed by atoms with van der Waals surface area (Å²) in [6.45, 7) is 2.02. The van der Waals surface area contributed by atoms with Gasteiger partial charge in [0.2, 0.25) is 0 Å². The molecule has 0 spiro atoms. The second-order valence-corrected chi connectivity index (χ2v) is 5.15. The number of Topliss-reactive ketones (excluding diaryl/α,β-unsaturated/α-hetero) is 1. The molecule has 0 heterocycles. The molecule has 0 fully saturated rings. The third-order valence-electron chi connectivity index (χ3n) is 3.64. The van der Waals surface area contributed by atoms with Crippen molar-refractivity contribution in [3.63, 3.8) is 0 Å². The van der Waals surface area contributed by atoms with E-state index < -0.39 is 11.8 Å². The van der Waals surface area contributed by atoms with E-state index in [-0.39, 0.29) is 5.92 Å². The Kier molecular flexibility index (Phi) is 4.88. The zero-order valence-corrected chi connectivity index (χ0v) is 12.0. The molecule has 0 aliphatic rings. The van der Waals surface area contributed by atoms with Crippen molar-refractivity contribution >= 4 is 11.8 Å². The van der Waals surface area contributed by atoms with Gasteiger partial charge in [0, 0.05) is 5.56 Å². The quantitative estimate of drug-likeness (QED) is 0.649. The highest BCUT2D eigenvalue weighted by atomic mass is 16.4. The van der Waals surface area contributed by atoms with Crippen LogP contribution in [0.4, 0.5) is 0 Å². The number of aryl methyl sites for hydroxylation is 1. The van der Waals surface area contributed by atoms with Gasteiger partial charge in [0.05, 0.1) is 0 Å². The Balaban J connectivity index is 2.14. The number of hydrogen-bond donors (Lipinski definition) is 1. The SMILES string of the molecule is CC(CCc1ccccc1)c1ccccc1C(=O)C(=O)O. The fourth-order valence-corrected chi connectivity index (χ4v) is 2.43. The maximum absolute atomic E-state index is 11.7. The predicted molar refractivity (Wildman–Crippen MR) is 81.6 cm³/mol. The molecule has 0 aliphatic carbocycles. The van der Waals surface area contributed by atoms with E-state index in [0.717, 1.165) is 18.4 Å². The molecule has 1 N–H and O–H groups in total. The van der Waals surface area contributed by atoms with Crippen LogP contribution in [0.15, 0.2) is 54.6 Å². The van der Waals surface area contributed by atoms with E-state index in [4.69, 9.17) is 5.11 Å². The van der Waals surface area contributed by atoms with Gasteiger partial charge in [-0.1, -0.05) is 61.5 Å². The third-order valence-corrected chi connectivity index (χ3v) is 3.64. The summed E-state index contributed by atoms with van der Waals surface area (Å²) < 4.78 is 0. The van der Waals surface area contributed by atoms with Gasteiger partial charge in [-0.3, -0.25) is 4.79 Å². The fraction of sp³-hybridized carbons (Fsp3) is 0.222. The van der Waals surface area contributed by atoms with Gasteiger partial charge < -0.3 is 5.11 Å². The van der Waals surface area contributed by atoms with Crippen molar-refractivity contribution in [2.24, 2.45) is 0 Å². The van der Waals surface area contributed by atoms with Crippen LogP contribution in [0.3, 0.4) is 0 Å². The molecule has 0 bridgehead atoms. The number of carbonyl (C=O) groups excluding carboxylic acids is 1. The van der Waals surface area contributed by atoms with Crippen molar-refractivity contribution in [2.45, 2.75) is 25.7 Å². The van der Waals surface area contributed by atoms with E-state index in [1.807, 2.05) is 37.3 Å². The van der Waals surface area contributed by atoms with Crippen molar-refractivity contribution < 1.29 is 14.7 Å². The highest BCUT2D eigenvalue weighted by molar-refractivity contribution is 6.40. The lowest BCUT2D eigenvalue weighted by Gasteiger charge is -2.15. The molecule has 0 saturated heterocycles. The molecular weight excluding hydrogens is 264 g/mol. The number of carboxylic acid groups (broad SMARTS) is 1. The van der Waals surface area contributed by atoms with Crippen LogP contribution in [0, 0.1) is 0 Å². The molecule has 21 heavy (non-hydrogen) atoms. The minimum atomic E-state index is -1.40. The molecule has 2 aromatic carbocycles. The highest BCUT2D eigenvalue weighted by Gasteiger charge is 2.20. The molecular formula is C18H18O3. The molecule has 108 valence electrons. The normalized spacial score (nSPS) is 11.9. The summed E-state index contributed by atoms with van der Waals surface area (Å²) in [4.78, 5) is 22.6. The number of aliphatic carboxylic acids is 1. The highest BCUT2D eigenvalue weighted by Crippen LogP contribution is 2.25. The van der Waals surface area contributed by atoms with Gasteiger partial charge in [0.25, 0.3) is 5.78 Å². The van der Waals surface area contributed by atoms with Crippen LogP contribution in [-0.2, 0) is 11.2 Å². The maximum atomic E-state index is 11.7. The average molecular weight is 282 g/mol. The summed E-state index contributed by atoms with van der Waals surface area (Å²) in [5.41, 5.74) is 2.35. The van der Waals surface area contributed by atoms with E-state index in [1.165, 1.54) is 5.56 Å². The molecule has 3 heteroatoms. The van der Waals surface area contributed by atoms with Gasteiger partial charge in [-0.15, -0.1) is 0 Å². The van der Waals surface area contributed by atoms with Gasteiger partial charge in [-0.2, -0.15) is 0 Å². The second kappa shape index (κ2) is 6.84. The Morgan fingerprint density at radius 1 is 1.00 bits per heavy atom. The number of rotatable bonds is 6. The Hall–Kier alpha value is -2.42. The van der Waals surface area contributed by atoms with E-state index in [9.17, 15) is 9.59 Å². The van der Waals surface area contributed by atoms with Crippen molar-refractivity contribution in [3.8, 4) is 0 Å². The standard InChI is InChI=1S/C18H18O3/c1-13(11-12-14-7-3-2-4-8-14)15-9-5-6-10-16(15)17(19)18(20)21/h2-10,13H,11-12H2,1H3,(H,20,21). The van der Waals surface area contributed by atoms with Crippen molar-refractivity contribution in [1.29, 1.82) is 0 Å². The molecule has 0 aliphatic heterocycles. The summed E-state index contributed by atoms with van der Waals surface area (Å²) in [6.07, 6.45) is 1.77. The second-order valence-electron chi connectivity index (χ2n) is 5.15. The molecule has 2 aromatic rings. The lowest BCUT2D eigenvalue weighted by Crippen LogP contribution is -2.16. The van der Waals surface area contributed by atoms with Crippen LogP contribution in [0.25, 0.3) is 0 Å². The van der Waals surface area contributed by atoms with E-state index in [2.05, 4.69) is 12.1 Å². The zero-order chi connectivity index (χ0) is 15.2. The van der Waals surface area contributed by atoms with Crippen LogP contribution in [0.1, 0.15) is 40.7 Å². The largest absolute Gasteiger partial charge is 0.475 e. The molecule has 0 aromatic heterocycles. The Morgan fingerprint density at radius 2 is 1.62 bits per heavy atom. The molecule has 1 unspecified atom stereocenters. The Bertz CT molecular complexity index is 632. The van der Waals surface area contributed by atoms with Crippen LogP contribution < -0.4 is 0 Å². The molecule has 0 radical (unpaired) electrons. The molecule has 0 saturated carbocycles. The van der Waals surface area contributed by atoms with E-state index >= 15 is 0 Å². The molecule has 1 atom stereocenters. The number of carboxylic acids is 1. The zero-order valence-electron chi connectivity index (χ0n) is 12.0. The summed E-state index contributed by atoms with van der Waals surface area (Å²) in [5.74, 6) is -2.11. The first-order chi connectivity index (χ1) is 10.1. The third kappa shape index (κ3) is 3.78. The Morgan fingerprint density at radius 3 is 2.29 bits per heavy atom. The van der Waals surface area contributed by atoms with Crippen LogP contribution in [0.5, 0.6) is 0 Å². The minimum Gasteiger partial charge on any atom is -0.475 e. The number of hydrogen-bond acceptors (Lipinski definition) is 2. The summed E-state index contributed by atoms with van der Waals surface area (Å²) in [7, 11) is 0. The van der Waals surface area contributed by atoms with Gasteiger partial charge >= 0.3 is 5.97 Å². The minimum absolute atomic E-state index is 0.129. The molecule has 0 amide bonds. The average Bonchev–Trinajstić information content (AvgIpc) is 2.52. The van der Waals surface area contributed by atoms with Crippen LogP contribution >= 0.6 is 0 Å². The first-order valence-corrected chi connectivity index (χ1v) is 7.00. The fourth-order valence-electron chi connectivity index (χ4n) is 2.43. The lowest BCUT2D eigenvalue weighted by molar-refractivity contribution is -0.131. The molecule has 3 nitrogen and oxygen atoms in total. The van der Waals surface area contributed by atoms with Gasteiger partial charge in [0.15, 0.2) is 0 Å². The van der Waals surface area contributed by atoms with E-state index in [1.54, 1.807) is 12.1 Å². The smallest absolute Gasteiger partial charge is 0.377 e. The first kappa shape index (κ1) is 15.0. The van der Waals surface area contributed by atoms with Crippen molar-refractivity contribution in [3.05, 3.63) is 71.3 Å². The summed E-state index contributed by atoms with van der Waals surface area (Å²) >= 11 is 0. The number of ketones is 1. The topological polar surface area (TPSA) is 54.4 Å². The number of carbonyl (C=O) groups is 2. The molecule has 2 rings (SSSR count). The van der Waals surface area contributed by atoms with Crippen molar-refractivity contribution in [1.82, 2.24) is 0 Å². The monoisotopic (exact) mass is 282 g/mol. The van der Waals surface area contributed by atoms with Crippen molar-refractivity contribution in [2.75, 3.05) is 0 Å². The summed E-state index contributed by atoms with van der Waals surface area (Å²) in [6, 6.07) is 17.1. The summed E-state index contributed by atoms with van der Waals surface area (Å²) in [5, 5.41) is 8.90. The first-order valence-electron chi connectivity index (χ1n) is 7.00. The lowest BCUT2D eigenvalue weighted by atomic mass is 9.89. The van der Waals surface area contributed by atoms with Crippen LogP contribution in [0.2, 0.25) is 0 Å². The van der Waals surface area contributed by atoms with Crippen LogP contribution in [-0.4, -0.2) is 16.9 Å². The number of benzene rings is 2. The van der Waals surface area contributed by atoms with Gasteiger partial charge in [0.1, 0.15) is 0 Å². The van der Waals surface area contributed by atoms with Gasteiger partial charge in [-0.05, 0) is 29.9 Å².